The van der Waals surface area contributed by atoms with Gasteiger partial charge in [-0.25, -0.2) is 4.68 Å². The number of aryl methyl sites for hydroxylation is 1. The molecule has 0 bridgehead atoms. The molecular weight excluding hydrogens is 220 g/mol. The lowest BCUT2D eigenvalue weighted by atomic mass is 10.5. The molecule has 0 amide bonds. The largest absolute Gasteiger partial charge is 0.394 e. The van der Waals surface area contributed by atoms with Gasteiger partial charge >= 0.3 is 0 Å². The number of nitrogens with zero attached hydrogens (tertiary/aromatic N) is 2. The van der Waals surface area contributed by atoms with E-state index in [1.807, 2.05) is 6.92 Å². The average Bonchev–Trinajstić information content (AvgIpc) is 2.45. The Morgan fingerprint density at radius 1 is 1.67 bits per heavy atom. The molecule has 1 rings (SSSR count). The van der Waals surface area contributed by atoms with Crippen LogP contribution >= 0.6 is 0 Å². The van der Waals surface area contributed by atoms with Gasteiger partial charge in [-0.05, 0) is 6.92 Å². The van der Waals surface area contributed by atoms with Crippen molar-refractivity contribution in [3.63, 3.8) is 0 Å². The van der Waals surface area contributed by atoms with Crippen LogP contribution < -0.4 is 11.1 Å². The van der Waals surface area contributed by atoms with Gasteiger partial charge in [0, 0.05) is 6.54 Å². The van der Waals surface area contributed by atoms with Crippen molar-refractivity contribution < 1.29 is 13.0 Å². The molecule has 0 spiro atoms. The van der Waals surface area contributed by atoms with E-state index in [0.29, 0.717) is 18.1 Å². The van der Waals surface area contributed by atoms with Crippen LogP contribution in [0.5, 0.6) is 0 Å². The highest BCUT2D eigenvalue weighted by molar-refractivity contribution is 7.85. The topological polar surface area (TPSA) is 110 Å². The number of anilines is 2. The first-order valence-corrected chi connectivity index (χ1v) is 6.05. The Labute approximate surface area is 88.0 Å². The first-order chi connectivity index (χ1) is 6.94. The van der Waals surface area contributed by atoms with Crippen molar-refractivity contribution in [2.75, 3.05) is 23.3 Å². The lowest BCUT2D eigenvalue weighted by molar-refractivity contribution is 0.476. The fourth-order valence-corrected chi connectivity index (χ4v) is 1.54. The Kier molecular flexibility index (Phi) is 3.53. The second-order valence-corrected chi connectivity index (χ2v) is 4.56. The Hall–Kier alpha value is -1.28. The Morgan fingerprint density at radius 3 is 2.87 bits per heavy atom. The maximum Gasteiger partial charge on any atom is 0.266 e. The van der Waals surface area contributed by atoms with E-state index in [0.717, 1.165) is 0 Å². The van der Waals surface area contributed by atoms with Gasteiger partial charge in [0.25, 0.3) is 10.1 Å². The third kappa shape index (κ3) is 3.40. The molecule has 0 unspecified atom stereocenters. The van der Waals surface area contributed by atoms with Gasteiger partial charge < -0.3 is 11.1 Å². The van der Waals surface area contributed by atoms with Crippen LogP contribution in [0.1, 0.15) is 6.92 Å². The summed E-state index contributed by atoms with van der Waals surface area (Å²) >= 11 is 0. The maximum absolute atomic E-state index is 10.5. The molecule has 8 heteroatoms. The van der Waals surface area contributed by atoms with E-state index in [1.165, 1.54) is 10.9 Å². The highest BCUT2D eigenvalue weighted by atomic mass is 32.2. The lowest BCUT2D eigenvalue weighted by Gasteiger charge is -2.07. The molecule has 0 aliphatic carbocycles. The quantitative estimate of drug-likeness (QED) is 0.608. The molecule has 0 aromatic carbocycles. The molecule has 1 aromatic heterocycles. The van der Waals surface area contributed by atoms with Crippen LogP contribution in [0.25, 0.3) is 0 Å². The number of hydrogen-bond acceptors (Lipinski definition) is 5. The van der Waals surface area contributed by atoms with Crippen molar-refractivity contribution in [1.29, 1.82) is 0 Å². The van der Waals surface area contributed by atoms with Gasteiger partial charge in [0.2, 0.25) is 0 Å². The number of nitrogen functional groups attached to an aromatic ring is 1. The monoisotopic (exact) mass is 234 g/mol. The summed E-state index contributed by atoms with van der Waals surface area (Å²) in [5.41, 5.74) is 6.06. The zero-order valence-electron chi connectivity index (χ0n) is 8.34. The van der Waals surface area contributed by atoms with Crippen LogP contribution in [-0.2, 0) is 16.7 Å². The smallest absolute Gasteiger partial charge is 0.266 e. The Balaban J connectivity index is 2.77. The highest BCUT2D eigenvalue weighted by Crippen LogP contribution is 2.16. The molecule has 0 saturated heterocycles. The first-order valence-electron chi connectivity index (χ1n) is 4.44. The van der Waals surface area contributed by atoms with E-state index in [-0.39, 0.29) is 12.3 Å². The first kappa shape index (κ1) is 11.8. The van der Waals surface area contributed by atoms with Crippen molar-refractivity contribution in [2.24, 2.45) is 0 Å². The SMILES string of the molecule is CCNc1c(N)cnn1CCS(=O)(=O)O. The summed E-state index contributed by atoms with van der Waals surface area (Å²) in [7, 11) is -3.97. The van der Waals surface area contributed by atoms with E-state index in [1.54, 1.807) is 0 Å². The summed E-state index contributed by atoms with van der Waals surface area (Å²) < 4.78 is 31.1. The van der Waals surface area contributed by atoms with Gasteiger partial charge in [0.1, 0.15) is 5.82 Å². The number of nitrogens with two attached hydrogens (primary N) is 1. The highest BCUT2D eigenvalue weighted by Gasteiger charge is 2.10. The van der Waals surface area contributed by atoms with Gasteiger partial charge in [-0.3, -0.25) is 4.55 Å². The van der Waals surface area contributed by atoms with Gasteiger partial charge in [-0.15, -0.1) is 0 Å². The van der Waals surface area contributed by atoms with E-state index < -0.39 is 10.1 Å². The van der Waals surface area contributed by atoms with Crippen LogP contribution in [-0.4, -0.2) is 35.0 Å². The molecule has 7 nitrogen and oxygen atoms in total. The number of rotatable bonds is 5. The van der Waals surface area contributed by atoms with Crippen LogP contribution in [0.4, 0.5) is 11.5 Å². The van der Waals surface area contributed by atoms with Gasteiger partial charge in [-0.1, -0.05) is 0 Å². The summed E-state index contributed by atoms with van der Waals surface area (Å²) in [5, 5.41) is 6.85. The van der Waals surface area contributed by atoms with Crippen molar-refractivity contribution in [1.82, 2.24) is 9.78 Å². The molecule has 0 atom stereocenters. The normalized spacial score (nSPS) is 11.6. The van der Waals surface area contributed by atoms with Gasteiger partial charge in [0.05, 0.1) is 24.2 Å². The lowest BCUT2D eigenvalue weighted by Crippen LogP contribution is -2.15. The van der Waals surface area contributed by atoms with Crippen molar-refractivity contribution in [3.05, 3.63) is 6.20 Å². The molecule has 0 radical (unpaired) electrons. The van der Waals surface area contributed by atoms with Crippen molar-refractivity contribution in [3.8, 4) is 0 Å². The van der Waals surface area contributed by atoms with E-state index >= 15 is 0 Å². The zero-order valence-corrected chi connectivity index (χ0v) is 9.16. The Morgan fingerprint density at radius 2 is 2.33 bits per heavy atom. The molecule has 15 heavy (non-hydrogen) atoms. The molecule has 0 aliphatic rings. The van der Waals surface area contributed by atoms with Crippen LogP contribution in [0.2, 0.25) is 0 Å². The second kappa shape index (κ2) is 4.49. The Bertz CT molecular complexity index is 425. The fourth-order valence-electron chi connectivity index (χ4n) is 1.13. The zero-order chi connectivity index (χ0) is 11.5. The van der Waals surface area contributed by atoms with Gasteiger partial charge in [0.15, 0.2) is 0 Å². The van der Waals surface area contributed by atoms with E-state index in [2.05, 4.69) is 10.4 Å². The summed E-state index contributed by atoms with van der Waals surface area (Å²) in [6, 6.07) is 0. The standard InChI is InChI=1S/C7H14N4O3S/c1-2-9-7-6(8)5-10-11(7)3-4-15(12,13)14/h5,9H,2-4,8H2,1H3,(H,12,13,14). The number of hydrogen-bond donors (Lipinski definition) is 3. The molecule has 0 fully saturated rings. The maximum atomic E-state index is 10.5. The third-order valence-electron chi connectivity index (χ3n) is 1.77. The third-order valence-corrected chi connectivity index (χ3v) is 2.47. The number of aromatic nitrogens is 2. The minimum absolute atomic E-state index is 0.0678. The van der Waals surface area contributed by atoms with Gasteiger partial charge in [-0.2, -0.15) is 13.5 Å². The molecule has 1 heterocycles. The summed E-state index contributed by atoms with van der Waals surface area (Å²) in [6.45, 7) is 2.61. The van der Waals surface area contributed by atoms with E-state index in [9.17, 15) is 8.42 Å². The molecule has 1 aromatic rings. The molecule has 86 valence electrons. The molecule has 0 aliphatic heterocycles. The minimum atomic E-state index is -3.97. The predicted octanol–water partition coefficient (Wildman–Crippen LogP) is -0.215. The number of nitrogens with one attached hydrogen (secondary N) is 1. The minimum Gasteiger partial charge on any atom is -0.394 e. The molecular formula is C7H14N4O3S. The average molecular weight is 234 g/mol. The van der Waals surface area contributed by atoms with Crippen molar-refractivity contribution >= 4 is 21.6 Å². The van der Waals surface area contributed by atoms with E-state index in [4.69, 9.17) is 10.3 Å². The summed E-state index contributed by atoms with van der Waals surface area (Å²) in [5.74, 6) is 0.188. The van der Waals surface area contributed by atoms with Crippen molar-refractivity contribution in [2.45, 2.75) is 13.5 Å². The van der Waals surface area contributed by atoms with Crippen LogP contribution in [0, 0.1) is 0 Å². The summed E-state index contributed by atoms with van der Waals surface area (Å²) in [4.78, 5) is 0. The molecule has 0 saturated carbocycles. The fraction of sp³-hybridized carbons (Fsp3) is 0.571. The predicted molar refractivity (Wildman–Crippen MR) is 57.2 cm³/mol. The molecule has 4 N–H and O–H groups in total. The second-order valence-electron chi connectivity index (χ2n) is 2.99. The van der Waals surface area contributed by atoms with Crippen LogP contribution in [0.15, 0.2) is 6.20 Å². The van der Waals surface area contributed by atoms with Crippen LogP contribution in [0.3, 0.4) is 0 Å². The summed E-state index contributed by atoms with van der Waals surface area (Å²) in [6.07, 6.45) is 1.43.